The molecule has 6 heteroatoms. The molecule has 136 valence electrons. The molecule has 0 aliphatic carbocycles. The minimum atomic E-state index is -0.513. The maximum atomic E-state index is 12.4. The molecule has 2 aliphatic heterocycles. The molecule has 25 heavy (non-hydrogen) atoms. The van der Waals surface area contributed by atoms with Crippen LogP contribution in [-0.2, 0) is 9.53 Å². The highest BCUT2D eigenvalue weighted by molar-refractivity contribution is 5.78. The molecule has 0 aromatic heterocycles. The van der Waals surface area contributed by atoms with E-state index in [1.165, 1.54) is 0 Å². The molecule has 3 atom stereocenters. The number of hydrogen-bond acceptors (Lipinski definition) is 4. The highest BCUT2D eigenvalue weighted by Crippen LogP contribution is 2.38. The van der Waals surface area contributed by atoms with Gasteiger partial charge in [0.15, 0.2) is 6.61 Å². The van der Waals surface area contributed by atoms with Crippen LogP contribution in [0.5, 0.6) is 5.75 Å². The second-order valence-corrected chi connectivity index (χ2v) is 7.70. The summed E-state index contributed by atoms with van der Waals surface area (Å²) >= 11 is 0. The third-order valence-corrected chi connectivity index (χ3v) is 4.60. The van der Waals surface area contributed by atoms with Crippen LogP contribution < -0.4 is 10.1 Å². The Morgan fingerprint density at radius 1 is 1.20 bits per heavy atom. The summed E-state index contributed by atoms with van der Waals surface area (Å²) in [6.45, 7) is 5.57. The molecule has 2 amide bonds. The fraction of sp³-hybridized carbons (Fsp3) is 0.579. The first kappa shape index (κ1) is 17.6. The standard InChI is InChI=1S/C19H26N2O4/c1-19(2,3)25-18(23)21-13-9-10-16(21)15(11-13)20-17(22)12-24-14-7-5-4-6-8-14/h4-8,13,15-16H,9-12H2,1-3H3,(H,20,22)/t13-,15-,16+/m0/s1. The van der Waals surface area contributed by atoms with Gasteiger partial charge in [0.05, 0.1) is 12.1 Å². The van der Waals surface area contributed by atoms with Crippen LogP contribution in [0.15, 0.2) is 30.3 Å². The van der Waals surface area contributed by atoms with Crippen LogP contribution in [0, 0.1) is 0 Å². The number of ether oxygens (including phenoxy) is 2. The van der Waals surface area contributed by atoms with Gasteiger partial charge in [-0.05, 0) is 52.2 Å². The number of fused-ring (bicyclic) bond motifs is 2. The monoisotopic (exact) mass is 346 g/mol. The molecule has 2 heterocycles. The highest BCUT2D eigenvalue weighted by Gasteiger charge is 2.50. The Hall–Kier alpha value is -2.24. The highest BCUT2D eigenvalue weighted by atomic mass is 16.6. The van der Waals surface area contributed by atoms with Crippen LogP contribution in [0.4, 0.5) is 4.79 Å². The number of benzene rings is 1. The smallest absolute Gasteiger partial charge is 0.410 e. The van der Waals surface area contributed by atoms with Gasteiger partial charge in [-0.1, -0.05) is 18.2 Å². The summed E-state index contributed by atoms with van der Waals surface area (Å²) in [6.07, 6.45) is 2.36. The van der Waals surface area contributed by atoms with Gasteiger partial charge in [0.1, 0.15) is 11.4 Å². The Morgan fingerprint density at radius 2 is 1.92 bits per heavy atom. The Bertz CT molecular complexity index is 626. The maximum absolute atomic E-state index is 12.4. The molecule has 0 saturated carbocycles. The molecule has 6 nitrogen and oxygen atoms in total. The van der Waals surface area contributed by atoms with E-state index in [0.717, 1.165) is 19.3 Å². The molecular formula is C19H26N2O4. The van der Waals surface area contributed by atoms with Gasteiger partial charge >= 0.3 is 6.09 Å². The van der Waals surface area contributed by atoms with Gasteiger partial charge in [-0.3, -0.25) is 4.79 Å². The Balaban J connectivity index is 1.52. The third-order valence-electron chi connectivity index (χ3n) is 4.60. The van der Waals surface area contributed by atoms with Crippen LogP contribution in [0.25, 0.3) is 0 Å². The van der Waals surface area contributed by atoms with Crippen molar-refractivity contribution in [2.24, 2.45) is 0 Å². The molecule has 1 aromatic carbocycles. The summed E-state index contributed by atoms with van der Waals surface area (Å²) in [5.41, 5.74) is -0.513. The average molecular weight is 346 g/mol. The normalized spacial score (nSPS) is 24.9. The number of nitrogens with zero attached hydrogens (tertiary/aromatic N) is 1. The third kappa shape index (κ3) is 4.24. The number of para-hydroxylation sites is 1. The lowest BCUT2D eigenvalue weighted by Gasteiger charge is -2.28. The summed E-state index contributed by atoms with van der Waals surface area (Å²) < 4.78 is 11.0. The van der Waals surface area contributed by atoms with Gasteiger partial charge in [-0.25, -0.2) is 4.79 Å². The largest absolute Gasteiger partial charge is 0.484 e. The molecule has 0 unspecified atom stereocenters. The zero-order chi connectivity index (χ0) is 18.0. The van der Waals surface area contributed by atoms with Crippen molar-refractivity contribution >= 4 is 12.0 Å². The van der Waals surface area contributed by atoms with Crippen molar-refractivity contribution in [3.8, 4) is 5.75 Å². The second kappa shape index (κ2) is 6.94. The summed E-state index contributed by atoms with van der Waals surface area (Å²) in [4.78, 5) is 26.4. The van der Waals surface area contributed by atoms with Crippen LogP contribution in [0.3, 0.4) is 0 Å². The van der Waals surface area contributed by atoms with E-state index >= 15 is 0 Å². The van der Waals surface area contributed by atoms with E-state index < -0.39 is 5.60 Å². The lowest BCUT2D eigenvalue weighted by molar-refractivity contribution is -0.124. The molecule has 2 saturated heterocycles. The number of nitrogens with one attached hydrogen (secondary N) is 1. The van der Waals surface area contributed by atoms with Crippen LogP contribution in [0.1, 0.15) is 40.0 Å². The Morgan fingerprint density at radius 3 is 2.60 bits per heavy atom. The van der Waals surface area contributed by atoms with E-state index in [9.17, 15) is 9.59 Å². The fourth-order valence-electron chi connectivity index (χ4n) is 3.66. The first-order valence-corrected chi connectivity index (χ1v) is 8.82. The quantitative estimate of drug-likeness (QED) is 0.910. The van der Waals surface area contributed by atoms with E-state index in [1.54, 1.807) is 0 Å². The number of carbonyl (C=O) groups is 2. The number of amides is 2. The lowest BCUT2D eigenvalue weighted by atomic mass is 9.95. The molecule has 1 aromatic rings. The van der Waals surface area contributed by atoms with Crippen LogP contribution in [0.2, 0.25) is 0 Å². The predicted octanol–water partition coefficient (Wildman–Crippen LogP) is 2.72. The summed E-state index contributed by atoms with van der Waals surface area (Å²) in [5, 5.41) is 3.01. The van der Waals surface area contributed by atoms with Crippen molar-refractivity contribution in [3.63, 3.8) is 0 Å². The summed E-state index contributed by atoms with van der Waals surface area (Å²) in [7, 11) is 0. The van der Waals surface area contributed by atoms with E-state index in [0.29, 0.717) is 5.75 Å². The lowest BCUT2D eigenvalue weighted by Crippen LogP contribution is -2.47. The van der Waals surface area contributed by atoms with Crippen molar-refractivity contribution in [2.75, 3.05) is 6.61 Å². The molecular weight excluding hydrogens is 320 g/mol. The van der Waals surface area contributed by atoms with Crippen molar-refractivity contribution in [1.82, 2.24) is 10.2 Å². The first-order chi connectivity index (χ1) is 11.8. The van der Waals surface area contributed by atoms with Crippen LogP contribution in [-0.4, -0.2) is 47.2 Å². The van der Waals surface area contributed by atoms with Gasteiger partial charge in [-0.2, -0.15) is 0 Å². The van der Waals surface area contributed by atoms with Gasteiger partial charge in [0.2, 0.25) is 0 Å². The molecule has 3 rings (SSSR count). The minimum Gasteiger partial charge on any atom is -0.484 e. The first-order valence-electron chi connectivity index (χ1n) is 8.82. The average Bonchev–Trinajstić information content (AvgIpc) is 3.10. The molecule has 2 fully saturated rings. The number of carbonyl (C=O) groups excluding carboxylic acids is 2. The molecule has 1 N–H and O–H groups in total. The predicted molar refractivity (Wildman–Crippen MR) is 93.4 cm³/mol. The van der Waals surface area contributed by atoms with E-state index in [1.807, 2.05) is 56.0 Å². The van der Waals surface area contributed by atoms with Gasteiger partial charge < -0.3 is 19.7 Å². The molecule has 0 radical (unpaired) electrons. The van der Waals surface area contributed by atoms with Gasteiger partial charge in [-0.15, -0.1) is 0 Å². The minimum absolute atomic E-state index is 0.0144. The zero-order valence-electron chi connectivity index (χ0n) is 15.0. The Labute approximate surface area is 148 Å². The Kier molecular flexibility index (Phi) is 4.88. The van der Waals surface area contributed by atoms with E-state index in [4.69, 9.17) is 9.47 Å². The van der Waals surface area contributed by atoms with Crippen molar-refractivity contribution in [2.45, 2.75) is 63.8 Å². The van der Waals surface area contributed by atoms with E-state index in [-0.39, 0.29) is 36.7 Å². The second-order valence-electron chi connectivity index (χ2n) is 7.70. The van der Waals surface area contributed by atoms with E-state index in [2.05, 4.69) is 5.32 Å². The SMILES string of the molecule is CC(C)(C)OC(=O)N1[C@H]2CC[C@@H]1[C@@H](NC(=O)COc1ccccc1)C2. The summed E-state index contributed by atoms with van der Waals surface area (Å²) in [5.74, 6) is 0.506. The molecule has 0 spiro atoms. The number of hydrogen-bond donors (Lipinski definition) is 1. The zero-order valence-corrected chi connectivity index (χ0v) is 15.0. The van der Waals surface area contributed by atoms with Gasteiger partial charge in [0, 0.05) is 6.04 Å². The van der Waals surface area contributed by atoms with Crippen molar-refractivity contribution < 1.29 is 19.1 Å². The van der Waals surface area contributed by atoms with Crippen molar-refractivity contribution in [3.05, 3.63) is 30.3 Å². The summed E-state index contributed by atoms with van der Waals surface area (Å²) in [6, 6.07) is 9.39. The molecule has 2 aliphatic rings. The van der Waals surface area contributed by atoms with Crippen molar-refractivity contribution in [1.29, 1.82) is 0 Å². The number of rotatable bonds is 4. The maximum Gasteiger partial charge on any atom is 0.410 e. The van der Waals surface area contributed by atoms with Gasteiger partial charge in [0.25, 0.3) is 5.91 Å². The molecule has 2 bridgehead atoms. The fourth-order valence-corrected chi connectivity index (χ4v) is 3.66. The topological polar surface area (TPSA) is 67.9 Å². The van der Waals surface area contributed by atoms with Crippen LogP contribution >= 0.6 is 0 Å².